The van der Waals surface area contributed by atoms with Gasteiger partial charge >= 0.3 is 6.18 Å². The van der Waals surface area contributed by atoms with E-state index in [1.165, 1.54) is 29.5 Å². The molecule has 0 atom stereocenters. The fraction of sp³-hybridized carbons (Fsp3) is 0.409. The van der Waals surface area contributed by atoms with Crippen molar-refractivity contribution in [2.45, 2.75) is 38.8 Å². The minimum Gasteiger partial charge on any atom is -0.324 e. The Morgan fingerprint density at radius 1 is 1.19 bits per heavy atom. The average molecular weight is 465 g/mol. The van der Waals surface area contributed by atoms with Crippen LogP contribution in [0.15, 0.2) is 24.3 Å². The van der Waals surface area contributed by atoms with Crippen molar-refractivity contribution < 1.29 is 22.8 Å². The highest BCUT2D eigenvalue weighted by molar-refractivity contribution is 7.16. The minimum absolute atomic E-state index is 0.0910. The zero-order valence-corrected chi connectivity index (χ0v) is 18.3. The molecule has 1 aliphatic rings. The van der Waals surface area contributed by atoms with E-state index in [9.17, 15) is 28.0 Å². The highest BCUT2D eigenvalue weighted by Gasteiger charge is 2.33. The average Bonchev–Trinajstić information content (AvgIpc) is 3.31. The van der Waals surface area contributed by atoms with E-state index in [-0.39, 0.29) is 31.1 Å². The van der Waals surface area contributed by atoms with E-state index in [2.05, 4.69) is 16.7 Å². The maximum absolute atomic E-state index is 13.1. The third-order valence-electron chi connectivity index (χ3n) is 5.26. The minimum atomic E-state index is -4.57. The number of carbonyl (C=O) groups is 2. The van der Waals surface area contributed by atoms with Gasteiger partial charge in [-0.1, -0.05) is 19.1 Å². The van der Waals surface area contributed by atoms with Gasteiger partial charge in [0.05, 0.1) is 23.4 Å². The Labute approximate surface area is 188 Å². The molecule has 1 aromatic heterocycles. The molecule has 0 saturated carbocycles. The van der Waals surface area contributed by atoms with Crippen LogP contribution < -0.4 is 10.6 Å². The third-order valence-corrected chi connectivity index (χ3v) is 6.47. The normalized spacial score (nSPS) is 13.0. The van der Waals surface area contributed by atoms with Crippen molar-refractivity contribution in [1.82, 2.24) is 4.90 Å². The number of benzene rings is 1. The second-order valence-corrected chi connectivity index (χ2v) is 8.54. The zero-order chi connectivity index (χ0) is 23.3. The maximum atomic E-state index is 13.1. The standard InChI is InChI=1S/C22H23F3N4O2S/c1-2-29(13-20(31)27-17-8-4-3-7-16(17)22(23,24)25)11-10-19(30)28-21-15(12-26)14-6-5-9-18(14)32-21/h3-4,7-8H,2,5-6,9-11,13H2,1H3,(H,27,31)(H,28,30). The van der Waals surface area contributed by atoms with E-state index in [1.54, 1.807) is 11.8 Å². The van der Waals surface area contributed by atoms with Crippen LogP contribution in [0, 0.1) is 11.3 Å². The van der Waals surface area contributed by atoms with E-state index >= 15 is 0 Å². The van der Waals surface area contributed by atoms with Crippen LogP contribution in [0.5, 0.6) is 0 Å². The van der Waals surface area contributed by atoms with Crippen molar-refractivity contribution in [1.29, 1.82) is 5.26 Å². The fourth-order valence-electron chi connectivity index (χ4n) is 3.64. The number of alkyl halides is 3. The second kappa shape index (κ2) is 10.1. The van der Waals surface area contributed by atoms with Gasteiger partial charge in [0.15, 0.2) is 0 Å². The third kappa shape index (κ3) is 5.66. The van der Waals surface area contributed by atoms with Gasteiger partial charge in [-0.05, 0) is 43.5 Å². The number of thiophene rings is 1. The van der Waals surface area contributed by atoms with Crippen LogP contribution in [0.1, 0.15) is 41.3 Å². The zero-order valence-electron chi connectivity index (χ0n) is 17.5. The number of fused-ring (bicyclic) bond motifs is 1. The first kappa shape index (κ1) is 23.8. The van der Waals surface area contributed by atoms with Crippen LogP contribution in [0.25, 0.3) is 0 Å². The van der Waals surface area contributed by atoms with Gasteiger partial charge < -0.3 is 10.6 Å². The SMILES string of the molecule is CCN(CCC(=O)Nc1sc2c(c1C#N)CCC2)CC(=O)Nc1ccccc1C(F)(F)F. The number of likely N-dealkylation sites (N-methyl/N-ethyl adjacent to an activating group) is 1. The summed E-state index contributed by atoms with van der Waals surface area (Å²) in [4.78, 5) is 27.5. The van der Waals surface area contributed by atoms with Crippen LogP contribution in [-0.2, 0) is 28.6 Å². The number of hydrogen-bond acceptors (Lipinski definition) is 5. The molecule has 1 aromatic carbocycles. The largest absolute Gasteiger partial charge is 0.418 e. The van der Waals surface area contributed by atoms with Crippen LogP contribution in [-0.4, -0.2) is 36.3 Å². The predicted octanol–water partition coefficient (Wildman–Crippen LogP) is 4.42. The number of anilines is 2. The summed E-state index contributed by atoms with van der Waals surface area (Å²) in [5, 5.41) is 15.1. The molecule has 2 aromatic rings. The molecule has 0 saturated heterocycles. The van der Waals surface area contributed by atoms with E-state index in [1.807, 2.05) is 0 Å². The van der Waals surface area contributed by atoms with Gasteiger partial charge in [0.25, 0.3) is 0 Å². The summed E-state index contributed by atoms with van der Waals surface area (Å²) in [6.07, 6.45) is -1.70. The molecule has 2 amide bonds. The van der Waals surface area contributed by atoms with Crippen LogP contribution in [0.2, 0.25) is 0 Å². The van der Waals surface area contributed by atoms with Gasteiger partial charge in [-0.2, -0.15) is 18.4 Å². The Hall–Kier alpha value is -2.90. The van der Waals surface area contributed by atoms with E-state index < -0.39 is 17.6 Å². The first-order chi connectivity index (χ1) is 15.2. The van der Waals surface area contributed by atoms with E-state index in [0.717, 1.165) is 35.8 Å². The lowest BCUT2D eigenvalue weighted by Gasteiger charge is -2.20. The molecular formula is C22H23F3N4O2S. The summed E-state index contributed by atoms with van der Waals surface area (Å²) < 4.78 is 39.3. The number of nitriles is 1. The summed E-state index contributed by atoms with van der Waals surface area (Å²) in [5.41, 5.74) is 0.352. The number of aryl methyl sites for hydroxylation is 1. The highest BCUT2D eigenvalue weighted by atomic mass is 32.1. The molecule has 0 fully saturated rings. The number of nitrogens with zero attached hydrogens (tertiary/aromatic N) is 2. The summed E-state index contributed by atoms with van der Waals surface area (Å²) in [5.74, 6) is -0.867. The van der Waals surface area contributed by atoms with Crippen LogP contribution in [0.3, 0.4) is 0 Å². The summed E-state index contributed by atoms with van der Waals surface area (Å²) >= 11 is 1.43. The Morgan fingerprint density at radius 2 is 1.94 bits per heavy atom. The lowest BCUT2D eigenvalue weighted by Crippen LogP contribution is -2.35. The van der Waals surface area contributed by atoms with Crippen molar-refractivity contribution in [2.75, 3.05) is 30.3 Å². The molecule has 0 bridgehead atoms. The van der Waals surface area contributed by atoms with Gasteiger partial charge in [0.2, 0.25) is 11.8 Å². The lowest BCUT2D eigenvalue weighted by molar-refractivity contribution is -0.137. The quantitative estimate of drug-likeness (QED) is 0.606. The van der Waals surface area contributed by atoms with Crippen molar-refractivity contribution in [3.8, 4) is 6.07 Å². The smallest absolute Gasteiger partial charge is 0.324 e. The molecule has 0 spiro atoms. The van der Waals surface area contributed by atoms with Crippen LogP contribution in [0.4, 0.5) is 23.9 Å². The number of hydrogen-bond donors (Lipinski definition) is 2. The van der Waals surface area contributed by atoms with Crippen molar-refractivity contribution in [3.63, 3.8) is 0 Å². The molecule has 2 N–H and O–H groups in total. The number of nitrogens with one attached hydrogen (secondary N) is 2. The molecule has 3 rings (SSSR count). The highest BCUT2D eigenvalue weighted by Crippen LogP contribution is 2.38. The molecule has 170 valence electrons. The lowest BCUT2D eigenvalue weighted by atomic mass is 10.1. The fourth-order valence-corrected chi connectivity index (χ4v) is 4.90. The van der Waals surface area contributed by atoms with Gasteiger partial charge in [0.1, 0.15) is 11.1 Å². The monoisotopic (exact) mass is 464 g/mol. The predicted molar refractivity (Wildman–Crippen MR) is 116 cm³/mol. The van der Waals surface area contributed by atoms with Gasteiger partial charge in [-0.3, -0.25) is 14.5 Å². The Balaban J connectivity index is 1.54. The molecule has 1 aliphatic carbocycles. The summed E-state index contributed by atoms with van der Waals surface area (Å²) in [6.45, 7) is 2.35. The molecular weight excluding hydrogens is 441 g/mol. The van der Waals surface area contributed by atoms with Crippen LogP contribution >= 0.6 is 11.3 Å². The maximum Gasteiger partial charge on any atom is 0.418 e. The molecule has 0 aliphatic heterocycles. The van der Waals surface area contributed by atoms with E-state index in [0.29, 0.717) is 17.1 Å². The Morgan fingerprint density at radius 3 is 2.62 bits per heavy atom. The van der Waals surface area contributed by atoms with Crippen molar-refractivity contribution >= 4 is 33.8 Å². The van der Waals surface area contributed by atoms with Crippen molar-refractivity contribution in [2.24, 2.45) is 0 Å². The molecule has 1 heterocycles. The second-order valence-electron chi connectivity index (χ2n) is 7.43. The number of amides is 2. The summed E-state index contributed by atoms with van der Waals surface area (Å²) in [6, 6.07) is 6.97. The molecule has 6 nitrogen and oxygen atoms in total. The van der Waals surface area contributed by atoms with Gasteiger partial charge in [-0.15, -0.1) is 11.3 Å². The number of carbonyl (C=O) groups excluding carboxylic acids is 2. The molecule has 10 heteroatoms. The number of para-hydroxylation sites is 1. The Kier molecular flexibility index (Phi) is 7.53. The Bertz CT molecular complexity index is 1040. The topological polar surface area (TPSA) is 85.2 Å². The molecule has 0 unspecified atom stereocenters. The van der Waals surface area contributed by atoms with E-state index in [4.69, 9.17) is 0 Å². The molecule has 0 radical (unpaired) electrons. The number of halogens is 3. The number of rotatable bonds is 8. The van der Waals surface area contributed by atoms with Crippen molar-refractivity contribution in [3.05, 3.63) is 45.8 Å². The first-order valence-electron chi connectivity index (χ1n) is 10.3. The van der Waals surface area contributed by atoms with Gasteiger partial charge in [0, 0.05) is 17.8 Å². The first-order valence-corrected chi connectivity index (χ1v) is 11.1. The van der Waals surface area contributed by atoms with Gasteiger partial charge in [-0.25, -0.2) is 0 Å². The summed E-state index contributed by atoms with van der Waals surface area (Å²) in [7, 11) is 0. The molecule has 32 heavy (non-hydrogen) atoms.